The van der Waals surface area contributed by atoms with E-state index in [9.17, 15) is 14.4 Å². The number of carbonyl (C=O) groups excluding carboxylic acids is 3. The maximum absolute atomic E-state index is 12.8. The third-order valence-electron chi connectivity index (χ3n) is 13.7. The molecule has 0 aliphatic rings. The molecule has 0 amide bonds. The fourth-order valence-corrected chi connectivity index (χ4v) is 9.04. The molecule has 0 rings (SSSR count). The Morgan fingerprint density at radius 1 is 0.288 bits per heavy atom. The molecule has 0 N–H and O–H groups in total. The van der Waals surface area contributed by atoms with Gasteiger partial charge in [-0.25, -0.2) is 0 Å². The SMILES string of the molecule is CC/C=C\C/C=C\C/C=C\C/C=C\C/C=C\C/C=C\CCCCCCC(=O)OC(COC(=O)CCCCCCCC)COC(=O)CCCCCCCCCCCCCCCCCCCCCCCCCCCC. The minimum absolute atomic E-state index is 0.0830. The number of allylic oxidation sites excluding steroid dienone is 12. The first-order chi connectivity index (χ1) is 36.0. The van der Waals surface area contributed by atoms with Crippen LogP contribution in [0.3, 0.4) is 0 Å². The predicted molar refractivity (Wildman–Crippen MR) is 316 cm³/mol. The second-order valence-electron chi connectivity index (χ2n) is 21.0. The summed E-state index contributed by atoms with van der Waals surface area (Å²) in [6.45, 7) is 6.48. The van der Waals surface area contributed by atoms with Crippen molar-refractivity contribution < 1.29 is 28.6 Å². The molecule has 0 radical (unpaired) electrons. The average Bonchev–Trinajstić information content (AvgIpc) is 3.39. The molecule has 422 valence electrons. The van der Waals surface area contributed by atoms with Crippen LogP contribution in [0.25, 0.3) is 0 Å². The number of hydrogen-bond donors (Lipinski definition) is 0. The monoisotopic (exact) mass is 1020 g/mol. The van der Waals surface area contributed by atoms with Gasteiger partial charge in [0.25, 0.3) is 0 Å². The molecule has 0 fully saturated rings. The van der Waals surface area contributed by atoms with E-state index >= 15 is 0 Å². The van der Waals surface area contributed by atoms with Crippen LogP contribution in [0, 0.1) is 0 Å². The van der Waals surface area contributed by atoms with Crippen molar-refractivity contribution in [2.24, 2.45) is 0 Å². The number of hydrogen-bond acceptors (Lipinski definition) is 6. The van der Waals surface area contributed by atoms with Crippen LogP contribution in [0.1, 0.15) is 316 Å². The molecule has 0 saturated heterocycles. The van der Waals surface area contributed by atoms with Crippen LogP contribution in [-0.2, 0) is 28.6 Å². The van der Waals surface area contributed by atoms with E-state index in [1.807, 2.05) is 0 Å². The highest BCUT2D eigenvalue weighted by molar-refractivity contribution is 5.71. The topological polar surface area (TPSA) is 78.9 Å². The summed E-state index contributed by atoms with van der Waals surface area (Å²) in [7, 11) is 0. The van der Waals surface area contributed by atoms with Gasteiger partial charge in [-0.2, -0.15) is 0 Å². The van der Waals surface area contributed by atoms with Crippen molar-refractivity contribution in [3.05, 3.63) is 72.9 Å². The van der Waals surface area contributed by atoms with Crippen molar-refractivity contribution in [1.82, 2.24) is 0 Å². The third kappa shape index (κ3) is 59.6. The Balaban J connectivity index is 4.11. The number of esters is 3. The predicted octanol–water partition coefficient (Wildman–Crippen LogP) is 21.3. The summed E-state index contributed by atoms with van der Waals surface area (Å²) in [6, 6.07) is 0. The van der Waals surface area contributed by atoms with Gasteiger partial charge in [-0.15, -0.1) is 0 Å². The van der Waals surface area contributed by atoms with Gasteiger partial charge in [0.05, 0.1) is 0 Å². The van der Waals surface area contributed by atoms with Gasteiger partial charge in [-0.05, 0) is 70.6 Å². The molecule has 0 aliphatic heterocycles. The van der Waals surface area contributed by atoms with E-state index in [0.29, 0.717) is 19.3 Å². The van der Waals surface area contributed by atoms with Gasteiger partial charge >= 0.3 is 17.9 Å². The van der Waals surface area contributed by atoms with E-state index in [-0.39, 0.29) is 31.1 Å². The third-order valence-corrected chi connectivity index (χ3v) is 13.7. The van der Waals surface area contributed by atoms with Crippen LogP contribution >= 0.6 is 0 Å². The standard InChI is InChI=1S/C67H118O6/c1-4-7-10-13-16-18-20-22-24-26-28-30-32-33-34-36-37-39-41-43-45-47-49-51-54-57-60-66(69)72-63-64(62-71-65(68)59-56-53-15-12-9-6-3)73-67(70)61-58-55-52-50-48-46-44-42-40-38-35-31-29-27-25-23-21-19-17-14-11-8-5-2/h8,11,17,19,23,25,29,31,38,40,44,46,64H,4-7,9-10,12-16,18,20-22,24,26-28,30,32-37,39,41-43,45,47-63H2,1-3H3/b11-8-,19-17-,25-23-,31-29-,40-38-,46-44-. The Morgan fingerprint density at radius 3 is 0.836 bits per heavy atom. The number of rotatable bonds is 57. The van der Waals surface area contributed by atoms with Gasteiger partial charge in [0.1, 0.15) is 13.2 Å². The number of unbranched alkanes of at least 4 members (excludes halogenated alkanes) is 34. The van der Waals surface area contributed by atoms with Gasteiger partial charge < -0.3 is 14.2 Å². The van der Waals surface area contributed by atoms with Crippen LogP contribution in [0.2, 0.25) is 0 Å². The Labute approximate surface area is 453 Å². The summed E-state index contributed by atoms with van der Waals surface area (Å²) >= 11 is 0. The van der Waals surface area contributed by atoms with Crippen molar-refractivity contribution in [3.8, 4) is 0 Å². The van der Waals surface area contributed by atoms with E-state index < -0.39 is 6.10 Å². The lowest BCUT2D eigenvalue weighted by Crippen LogP contribution is -2.30. The molecule has 0 saturated carbocycles. The first-order valence-electron chi connectivity index (χ1n) is 31.4. The second-order valence-corrected chi connectivity index (χ2v) is 21.0. The van der Waals surface area contributed by atoms with E-state index in [0.717, 1.165) is 109 Å². The zero-order chi connectivity index (χ0) is 52.9. The molecular weight excluding hydrogens is 901 g/mol. The molecule has 0 spiro atoms. The highest BCUT2D eigenvalue weighted by Crippen LogP contribution is 2.17. The van der Waals surface area contributed by atoms with Crippen LogP contribution < -0.4 is 0 Å². The van der Waals surface area contributed by atoms with Gasteiger partial charge in [0.2, 0.25) is 0 Å². The van der Waals surface area contributed by atoms with E-state index in [2.05, 4.69) is 93.7 Å². The first kappa shape index (κ1) is 69.8. The van der Waals surface area contributed by atoms with Crippen molar-refractivity contribution in [1.29, 1.82) is 0 Å². The number of ether oxygens (including phenoxy) is 3. The molecule has 1 atom stereocenters. The quantitative estimate of drug-likeness (QED) is 0.0261. The lowest BCUT2D eigenvalue weighted by atomic mass is 10.0. The van der Waals surface area contributed by atoms with Crippen LogP contribution in [-0.4, -0.2) is 37.2 Å². The van der Waals surface area contributed by atoms with Gasteiger partial charge in [-0.3, -0.25) is 14.4 Å². The van der Waals surface area contributed by atoms with Gasteiger partial charge in [0.15, 0.2) is 6.10 Å². The van der Waals surface area contributed by atoms with Gasteiger partial charge in [0, 0.05) is 19.3 Å². The van der Waals surface area contributed by atoms with Crippen molar-refractivity contribution in [2.75, 3.05) is 13.2 Å². The Bertz CT molecular complexity index is 1360. The largest absolute Gasteiger partial charge is 0.462 e. The molecule has 0 aromatic heterocycles. The summed E-state index contributed by atoms with van der Waals surface area (Å²) in [6.07, 6.45) is 79.5. The Morgan fingerprint density at radius 2 is 0.534 bits per heavy atom. The highest BCUT2D eigenvalue weighted by atomic mass is 16.6. The molecule has 0 aliphatic carbocycles. The van der Waals surface area contributed by atoms with Gasteiger partial charge in [-0.1, -0.05) is 299 Å². The van der Waals surface area contributed by atoms with Crippen molar-refractivity contribution >= 4 is 17.9 Å². The summed E-state index contributed by atoms with van der Waals surface area (Å²) in [5.41, 5.74) is 0. The fourth-order valence-electron chi connectivity index (χ4n) is 9.04. The first-order valence-corrected chi connectivity index (χ1v) is 31.4. The molecular formula is C67H118O6. The summed E-state index contributed by atoms with van der Waals surface area (Å²) in [4.78, 5) is 38.0. The molecule has 73 heavy (non-hydrogen) atoms. The van der Waals surface area contributed by atoms with E-state index in [1.165, 1.54) is 167 Å². The lowest BCUT2D eigenvalue weighted by molar-refractivity contribution is -0.167. The van der Waals surface area contributed by atoms with E-state index in [4.69, 9.17) is 14.2 Å². The fraction of sp³-hybridized carbons (Fsp3) is 0.776. The lowest BCUT2D eigenvalue weighted by Gasteiger charge is -2.18. The van der Waals surface area contributed by atoms with Crippen molar-refractivity contribution in [2.45, 2.75) is 322 Å². The highest BCUT2D eigenvalue weighted by Gasteiger charge is 2.19. The molecule has 1 unspecified atom stereocenters. The normalized spacial score (nSPS) is 12.5. The molecule has 6 heteroatoms. The maximum Gasteiger partial charge on any atom is 0.306 e. The minimum Gasteiger partial charge on any atom is -0.462 e. The Kier molecular flexibility index (Phi) is 58.7. The molecule has 0 aromatic carbocycles. The zero-order valence-corrected chi connectivity index (χ0v) is 48.4. The summed E-state index contributed by atoms with van der Waals surface area (Å²) in [5.74, 6) is -0.906. The molecule has 0 aromatic rings. The summed E-state index contributed by atoms with van der Waals surface area (Å²) in [5, 5.41) is 0. The molecule has 0 heterocycles. The molecule has 6 nitrogen and oxygen atoms in total. The Hall–Kier alpha value is -3.15. The smallest absolute Gasteiger partial charge is 0.306 e. The number of carbonyl (C=O) groups is 3. The van der Waals surface area contributed by atoms with E-state index in [1.54, 1.807) is 0 Å². The van der Waals surface area contributed by atoms with Crippen LogP contribution in [0.5, 0.6) is 0 Å². The second kappa shape index (κ2) is 61.4. The van der Waals surface area contributed by atoms with Crippen LogP contribution in [0.15, 0.2) is 72.9 Å². The molecule has 0 bridgehead atoms. The minimum atomic E-state index is -0.785. The zero-order valence-electron chi connectivity index (χ0n) is 48.4. The summed E-state index contributed by atoms with van der Waals surface area (Å²) < 4.78 is 16.8. The van der Waals surface area contributed by atoms with Crippen LogP contribution in [0.4, 0.5) is 0 Å². The maximum atomic E-state index is 12.8. The average molecular weight is 1020 g/mol. The van der Waals surface area contributed by atoms with Crippen molar-refractivity contribution in [3.63, 3.8) is 0 Å².